The van der Waals surface area contributed by atoms with Crippen molar-refractivity contribution >= 4 is 12.1 Å². The zero-order valence-electron chi connectivity index (χ0n) is 17.4. The second-order valence-corrected chi connectivity index (χ2v) is 8.44. The van der Waals surface area contributed by atoms with Gasteiger partial charge in [0, 0.05) is 6.42 Å². The zero-order chi connectivity index (χ0) is 20.7. The molecular weight excluding hydrogens is 358 g/mol. The summed E-state index contributed by atoms with van der Waals surface area (Å²) >= 11 is 0. The molecule has 156 valence electrons. The standard InChI is InChI=1S/C22H33NO5/c1-5-12-27-19-11-10-15(13-17(19)16-8-6-7-9-16)14-18(20(24)25)23-21(26)28-22(2,3)4/h10-11,13,16,18H,5-9,12,14H2,1-4H3,(H,23,26)(H,24,25). The molecule has 1 aromatic carbocycles. The minimum Gasteiger partial charge on any atom is -0.493 e. The zero-order valence-corrected chi connectivity index (χ0v) is 17.4. The molecule has 0 heterocycles. The Kier molecular flexibility index (Phi) is 7.72. The molecule has 2 N–H and O–H groups in total. The lowest BCUT2D eigenvalue weighted by Gasteiger charge is -2.22. The van der Waals surface area contributed by atoms with Crippen LogP contribution in [0.25, 0.3) is 0 Å². The number of benzene rings is 1. The molecule has 0 bridgehead atoms. The second-order valence-electron chi connectivity index (χ2n) is 8.44. The Hall–Kier alpha value is -2.24. The van der Waals surface area contributed by atoms with Crippen molar-refractivity contribution in [3.05, 3.63) is 29.3 Å². The van der Waals surface area contributed by atoms with Gasteiger partial charge in [-0.25, -0.2) is 9.59 Å². The van der Waals surface area contributed by atoms with Crippen molar-refractivity contribution in [2.45, 2.75) is 83.8 Å². The van der Waals surface area contributed by atoms with Gasteiger partial charge in [-0.05, 0) is 63.1 Å². The molecular formula is C22H33NO5. The van der Waals surface area contributed by atoms with Crippen molar-refractivity contribution in [1.82, 2.24) is 5.32 Å². The summed E-state index contributed by atoms with van der Waals surface area (Å²) in [5, 5.41) is 12.0. The van der Waals surface area contributed by atoms with Crippen molar-refractivity contribution in [2.24, 2.45) is 0 Å². The fourth-order valence-electron chi connectivity index (χ4n) is 3.51. The molecule has 1 aliphatic carbocycles. The molecule has 0 saturated heterocycles. The Bertz CT molecular complexity index is 674. The third-order valence-electron chi connectivity index (χ3n) is 4.76. The Morgan fingerprint density at radius 1 is 1.25 bits per heavy atom. The summed E-state index contributed by atoms with van der Waals surface area (Å²) in [6, 6.07) is 4.82. The van der Waals surface area contributed by atoms with E-state index in [9.17, 15) is 14.7 Å². The normalized spacial score (nSPS) is 15.9. The summed E-state index contributed by atoms with van der Waals surface area (Å²) < 4.78 is 11.1. The first-order valence-electron chi connectivity index (χ1n) is 10.2. The highest BCUT2D eigenvalue weighted by Crippen LogP contribution is 2.39. The van der Waals surface area contributed by atoms with E-state index in [4.69, 9.17) is 9.47 Å². The van der Waals surface area contributed by atoms with E-state index >= 15 is 0 Å². The topological polar surface area (TPSA) is 84.9 Å². The molecule has 2 rings (SSSR count). The third kappa shape index (κ3) is 6.73. The molecule has 1 atom stereocenters. The molecule has 1 unspecified atom stereocenters. The maximum Gasteiger partial charge on any atom is 0.408 e. The largest absolute Gasteiger partial charge is 0.493 e. The summed E-state index contributed by atoms with van der Waals surface area (Å²) in [4.78, 5) is 23.7. The number of hydrogen-bond donors (Lipinski definition) is 2. The molecule has 0 spiro atoms. The maximum atomic E-state index is 12.0. The van der Waals surface area contributed by atoms with Gasteiger partial charge in [-0.3, -0.25) is 0 Å². The van der Waals surface area contributed by atoms with Gasteiger partial charge in [0.25, 0.3) is 0 Å². The molecule has 1 fully saturated rings. The van der Waals surface area contributed by atoms with Crippen molar-refractivity contribution in [1.29, 1.82) is 0 Å². The molecule has 0 aliphatic heterocycles. The first kappa shape index (κ1) is 22.1. The minimum absolute atomic E-state index is 0.197. The highest BCUT2D eigenvalue weighted by atomic mass is 16.6. The van der Waals surface area contributed by atoms with Gasteiger partial charge < -0.3 is 19.9 Å². The van der Waals surface area contributed by atoms with E-state index in [2.05, 4.69) is 12.2 Å². The smallest absolute Gasteiger partial charge is 0.408 e. The van der Waals surface area contributed by atoms with Crippen LogP contribution in [0.4, 0.5) is 4.79 Å². The number of aliphatic carboxylic acids is 1. The molecule has 1 saturated carbocycles. The first-order chi connectivity index (χ1) is 13.2. The Balaban J connectivity index is 2.16. The van der Waals surface area contributed by atoms with Gasteiger partial charge in [-0.2, -0.15) is 0 Å². The molecule has 28 heavy (non-hydrogen) atoms. The predicted molar refractivity (Wildman–Crippen MR) is 108 cm³/mol. The summed E-state index contributed by atoms with van der Waals surface area (Å²) in [5.74, 6) is 0.262. The van der Waals surface area contributed by atoms with Gasteiger partial charge >= 0.3 is 12.1 Å². The van der Waals surface area contributed by atoms with Gasteiger partial charge in [0.1, 0.15) is 17.4 Å². The highest BCUT2D eigenvalue weighted by Gasteiger charge is 2.26. The Labute approximate surface area is 167 Å². The molecule has 0 radical (unpaired) electrons. The van der Waals surface area contributed by atoms with E-state index in [1.54, 1.807) is 20.8 Å². The quantitative estimate of drug-likeness (QED) is 0.673. The predicted octanol–water partition coefficient (Wildman–Crippen LogP) is 4.65. The van der Waals surface area contributed by atoms with Crippen LogP contribution in [0.1, 0.15) is 76.8 Å². The minimum atomic E-state index is -1.08. The molecule has 1 aromatic rings. The molecule has 1 aliphatic rings. The maximum absolute atomic E-state index is 12.0. The number of nitrogens with one attached hydrogen (secondary N) is 1. The van der Waals surface area contributed by atoms with Crippen LogP contribution in [0, 0.1) is 0 Å². The number of carboxylic acids is 1. The fraction of sp³-hybridized carbons (Fsp3) is 0.636. The highest BCUT2D eigenvalue weighted by molar-refractivity contribution is 5.80. The lowest BCUT2D eigenvalue weighted by molar-refractivity contribution is -0.139. The fourth-order valence-corrected chi connectivity index (χ4v) is 3.51. The number of amides is 1. The van der Waals surface area contributed by atoms with Crippen LogP contribution in [0.5, 0.6) is 5.75 Å². The molecule has 0 aromatic heterocycles. The number of carbonyl (C=O) groups is 2. The second kappa shape index (κ2) is 9.80. The monoisotopic (exact) mass is 391 g/mol. The average molecular weight is 392 g/mol. The van der Waals surface area contributed by atoms with E-state index in [1.165, 1.54) is 12.8 Å². The van der Waals surface area contributed by atoms with Gasteiger partial charge in [0.05, 0.1) is 6.61 Å². The number of hydrogen-bond acceptors (Lipinski definition) is 4. The van der Waals surface area contributed by atoms with Crippen LogP contribution in [0.3, 0.4) is 0 Å². The van der Waals surface area contributed by atoms with Crippen LogP contribution in [0.2, 0.25) is 0 Å². The SMILES string of the molecule is CCCOc1ccc(CC(NC(=O)OC(C)(C)C)C(=O)O)cc1C1CCCC1. The van der Waals surface area contributed by atoms with Crippen molar-refractivity contribution in [2.75, 3.05) is 6.61 Å². The van der Waals surface area contributed by atoms with Gasteiger partial charge in [0.15, 0.2) is 0 Å². The van der Waals surface area contributed by atoms with E-state index in [-0.39, 0.29) is 6.42 Å². The number of carboxylic acid groups (broad SMARTS) is 1. The van der Waals surface area contributed by atoms with Crippen LogP contribution in [-0.2, 0) is 16.0 Å². The Morgan fingerprint density at radius 2 is 1.93 bits per heavy atom. The van der Waals surface area contributed by atoms with Crippen LogP contribution in [0.15, 0.2) is 18.2 Å². The van der Waals surface area contributed by atoms with Crippen LogP contribution < -0.4 is 10.1 Å². The molecule has 6 heteroatoms. The van der Waals surface area contributed by atoms with Gasteiger partial charge in [0.2, 0.25) is 0 Å². The van der Waals surface area contributed by atoms with E-state index < -0.39 is 23.7 Å². The van der Waals surface area contributed by atoms with E-state index in [0.29, 0.717) is 12.5 Å². The lowest BCUT2D eigenvalue weighted by Crippen LogP contribution is -2.44. The summed E-state index contributed by atoms with van der Waals surface area (Å²) in [7, 11) is 0. The average Bonchev–Trinajstić information content (AvgIpc) is 3.12. The van der Waals surface area contributed by atoms with Gasteiger partial charge in [-0.15, -0.1) is 0 Å². The molecule has 1 amide bonds. The van der Waals surface area contributed by atoms with Crippen LogP contribution >= 0.6 is 0 Å². The summed E-state index contributed by atoms with van der Waals surface area (Å²) in [5.41, 5.74) is 1.35. The lowest BCUT2D eigenvalue weighted by atomic mass is 9.93. The van der Waals surface area contributed by atoms with Crippen molar-refractivity contribution in [3.8, 4) is 5.75 Å². The van der Waals surface area contributed by atoms with E-state index in [0.717, 1.165) is 36.1 Å². The Morgan fingerprint density at radius 3 is 2.50 bits per heavy atom. The number of carbonyl (C=O) groups excluding carboxylic acids is 1. The first-order valence-corrected chi connectivity index (χ1v) is 10.2. The number of rotatable bonds is 8. The van der Waals surface area contributed by atoms with Crippen molar-refractivity contribution < 1.29 is 24.2 Å². The summed E-state index contributed by atoms with van der Waals surface area (Å²) in [6.07, 6.45) is 5.09. The number of alkyl carbamates (subject to hydrolysis) is 1. The number of ether oxygens (including phenoxy) is 2. The van der Waals surface area contributed by atoms with Crippen molar-refractivity contribution in [3.63, 3.8) is 0 Å². The summed E-state index contributed by atoms with van der Waals surface area (Å²) in [6.45, 7) is 7.96. The third-order valence-corrected chi connectivity index (χ3v) is 4.76. The molecule has 6 nitrogen and oxygen atoms in total. The van der Waals surface area contributed by atoms with Gasteiger partial charge in [-0.1, -0.05) is 31.9 Å². The van der Waals surface area contributed by atoms with E-state index in [1.807, 2.05) is 18.2 Å². The van der Waals surface area contributed by atoms with Crippen LogP contribution in [-0.4, -0.2) is 35.4 Å².